The Morgan fingerprint density at radius 2 is 1.80 bits per heavy atom. The van der Waals surface area contributed by atoms with Crippen LogP contribution in [0.5, 0.6) is 0 Å². The zero-order valence-corrected chi connectivity index (χ0v) is 17.9. The Morgan fingerprint density at radius 3 is 2.53 bits per heavy atom. The fraction of sp³-hybridized carbons (Fsp3) is 0.375. The molecule has 0 saturated carbocycles. The van der Waals surface area contributed by atoms with E-state index in [1.165, 1.54) is 5.56 Å². The SMILES string of the molecule is Cc1nc(-c2ccncc2)nc(N(C)CC2(O)CCN(Cc3ccccc3)C2)c1C. The standard InChI is InChI=1S/C24H29N5O/c1-18-19(2)26-22(21-9-12-25-13-10-21)27-23(18)28(3)16-24(30)11-14-29(17-24)15-20-7-5-4-6-8-20/h4-10,12-13,30H,11,14-17H2,1-3H3. The van der Waals surface area contributed by atoms with Crippen LogP contribution in [-0.4, -0.2) is 57.2 Å². The summed E-state index contributed by atoms with van der Waals surface area (Å²) in [4.78, 5) is 18.0. The molecule has 1 atom stereocenters. The third kappa shape index (κ3) is 4.50. The van der Waals surface area contributed by atoms with Gasteiger partial charge in [0, 0.05) is 62.4 Å². The maximum Gasteiger partial charge on any atom is 0.161 e. The molecule has 0 spiro atoms. The van der Waals surface area contributed by atoms with Crippen molar-refractivity contribution in [1.29, 1.82) is 0 Å². The predicted molar refractivity (Wildman–Crippen MR) is 119 cm³/mol. The quantitative estimate of drug-likeness (QED) is 0.682. The van der Waals surface area contributed by atoms with Gasteiger partial charge in [-0.05, 0) is 38.0 Å². The van der Waals surface area contributed by atoms with Crippen molar-refractivity contribution in [3.05, 3.63) is 71.7 Å². The summed E-state index contributed by atoms with van der Waals surface area (Å²) < 4.78 is 0. The first-order valence-electron chi connectivity index (χ1n) is 10.4. The third-order valence-electron chi connectivity index (χ3n) is 5.86. The Balaban J connectivity index is 1.49. The van der Waals surface area contributed by atoms with Gasteiger partial charge in [-0.25, -0.2) is 9.97 Å². The number of aliphatic hydroxyl groups is 1. The van der Waals surface area contributed by atoms with E-state index in [0.717, 1.165) is 42.1 Å². The van der Waals surface area contributed by atoms with Crippen LogP contribution in [0, 0.1) is 13.8 Å². The molecule has 1 fully saturated rings. The van der Waals surface area contributed by atoms with Crippen LogP contribution >= 0.6 is 0 Å². The van der Waals surface area contributed by atoms with Gasteiger partial charge in [-0.2, -0.15) is 0 Å². The van der Waals surface area contributed by atoms with Gasteiger partial charge in [-0.3, -0.25) is 9.88 Å². The first kappa shape index (κ1) is 20.4. The molecule has 6 nitrogen and oxygen atoms in total. The van der Waals surface area contributed by atoms with E-state index >= 15 is 0 Å². The van der Waals surface area contributed by atoms with E-state index < -0.39 is 5.60 Å². The summed E-state index contributed by atoms with van der Waals surface area (Å²) in [6, 6.07) is 14.3. The Labute approximate surface area is 178 Å². The molecule has 30 heavy (non-hydrogen) atoms. The largest absolute Gasteiger partial charge is 0.387 e. The second kappa shape index (κ2) is 8.50. The van der Waals surface area contributed by atoms with Crippen LogP contribution in [0.25, 0.3) is 11.4 Å². The first-order valence-corrected chi connectivity index (χ1v) is 10.4. The maximum absolute atomic E-state index is 11.3. The fourth-order valence-corrected chi connectivity index (χ4v) is 4.18. The van der Waals surface area contributed by atoms with Crippen LogP contribution < -0.4 is 4.90 Å². The molecule has 1 unspecified atom stereocenters. The van der Waals surface area contributed by atoms with Gasteiger partial charge in [0.2, 0.25) is 0 Å². The number of rotatable bonds is 6. The Kier molecular flexibility index (Phi) is 5.79. The first-order chi connectivity index (χ1) is 14.4. The normalized spacial score (nSPS) is 19.2. The summed E-state index contributed by atoms with van der Waals surface area (Å²) in [6.45, 7) is 6.99. The van der Waals surface area contributed by atoms with E-state index in [-0.39, 0.29) is 0 Å². The summed E-state index contributed by atoms with van der Waals surface area (Å²) >= 11 is 0. The zero-order valence-electron chi connectivity index (χ0n) is 17.9. The van der Waals surface area contributed by atoms with Crippen LogP contribution in [0.2, 0.25) is 0 Å². The number of anilines is 1. The minimum absolute atomic E-state index is 0.533. The van der Waals surface area contributed by atoms with Crippen molar-refractivity contribution in [2.24, 2.45) is 0 Å². The molecule has 0 aliphatic carbocycles. The van der Waals surface area contributed by atoms with Crippen molar-refractivity contribution in [3.8, 4) is 11.4 Å². The zero-order chi connectivity index (χ0) is 21.1. The summed E-state index contributed by atoms with van der Waals surface area (Å²) in [6.07, 6.45) is 4.25. The summed E-state index contributed by atoms with van der Waals surface area (Å²) in [5.74, 6) is 1.55. The number of nitrogens with zero attached hydrogens (tertiary/aromatic N) is 5. The molecule has 1 N–H and O–H groups in total. The molecule has 0 amide bonds. The van der Waals surface area contributed by atoms with Gasteiger partial charge in [0.05, 0.1) is 5.60 Å². The maximum atomic E-state index is 11.3. The number of β-amino-alcohol motifs (C(OH)–C–C–N with tert-alkyl or cyclic N) is 1. The van der Waals surface area contributed by atoms with Crippen molar-refractivity contribution >= 4 is 5.82 Å². The molecule has 1 aliphatic heterocycles. The van der Waals surface area contributed by atoms with Gasteiger partial charge < -0.3 is 10.0 Å². The minimum atomic E-state index is -0.758. The molecule has 0 bridgehead atoms. The Morgan fingerprint density at radius 1 is 1.07 bits per heavy atom. The van der Waals surface area contributed by atoms with Crippen molar-refractivity contribution in [1.82, 2.24) is 19.9 Å². The van der Waals surface area contributed by atoms with Crippen LogP contribution in [0.1, 0.15) is 23.2 Å². The summed E-state index contributed by atoms with van der Waals surface area (Å²) in [5, 5.41) is 11.3. The fourth-order valence-electron chi connectivity index (χ4n) is 4.18. The number of benzene rings is 1. The van der Waals surface area contributed by atoms with Crippen molar-refractivity contribution in [2.45, 2.75) is 32.4 Å². The summed E-state index contributed by atoms with van der Waals surface area (Å²) in [7, 11) is 2.00. The lowest BCUT2D eigenvalue weighted by atomic mass is 10.0. The van der Waals surface area contributed by atoms with Gasteiger partial charge in [-0.15, -0.1) is 0 Å². The van der Waals surface area contributed by atoms with E-state index in [1.54, 1.807) is 12.4 Å². The number of aromatic nitrogens is 3. The van der Waals surface area contributed by atoms with Gasteiger partial charge >= 0.3 is 0 Å². The van der Waals surface area contributed by atoms with Gasteiger partial charge in [-0.1, -0.05) is 30.3 Å². The highest BCUT2D eigenvalue weighted by molar-refractivity contribution is 5.59. The van der Waals surface area contributed by atoms with E-state index in [9.17, 15) is 5.11 Å². The average molecular weight is 404 g/mol. The van der Waals surface area contributed by atoms with Crippen LogP contribution in [-0.2, 0) is 6.54 Å². The third-order valence-corrected chi connectivity index (χ3v) is 5.86. The van der Waals surface area contributed by atoms with Gasteiger partial charge in [0.1, 0.15) is 5.82 Å². The monoisotopic (exact) mass is 403 g/mol. The molecule has 1 aromatic carbocycles. The minimum Gasteiger partial charge on any atom is -0.387 e. The lowest BCUT2D eigenvalue weighted by molar-refractivity contribution is 0.0561. The van der Waals surface area contributed by atoms with Gasteiger partial charge in [0.15, 0.2) is 5.82 Å². The highest BCUT2D eigenvalue weighted by Gasteiger charge is 2.37. The smallest absolute Gasteiger partial charge is 0.161 e. The molecular formula is C24H29N5O. The lowest BCUT2D eigenvalue weighted by Gasteiger charge is -2.31. The Hall–Kier alpha value is -2.83. The second-order valence-corrected chi connectivity index (χ2v) is 8.34. The number of pyridine rings is 1. The molecule has 0 radical (unpaired) electrons. The number of hydrogen-bond acceptors (Lipinski definition) is 6. The molecule has 2 aromatic heterocycles. The second-order valence-electron chi connectivity index (χ2n) is 8.34. The molecule has 1 aliphatic rings. The van der Waals surface area contributed by atoms with Crippen molar-refractivity contribution in [2.75, 3.05) is 31.6 Å². The van der Waals surface area contributed by atoms with E-state index in [2.05, 4.69) is 44.0 Å². The number of likely N-dealkylation sites (tertiary alicyclic amines) is 1. The van der Waals surface area contributed by atoms with Crippen LogP contribution in [0.4, 0.5) is 5.82 Å². The molecule has 156 valence electrons. The number of aryl methyl sites for hydroxylation is 1. The van der Waals surface area contributed by atoms with Crippen LogP contribution in [0.15, 0.2) is 54.9 Å². The van der Waals surface area contributed by atoms with E-state index in [4.69, 9.17) is 4.98 Å². The molecule has 4 rings (SSSR count). The Bertz CT molecular complexity index is 995. The predicted octanol–water partition coefficient (Wildman–Crippen LogP) is 3.23. The van der Waals surface area contributed by atoms with Crippen molar-refractivity contribution < 1.29 is 5.11 Å². The molecule has 1 saturated heterocycles. The molecule has 6 heteroatoms. The number of hydrogen-bond donors (Lipinski definition) is 1. The van der Waals surface area contributed by atoms with Crippen molar-refractivity contribution in [3.63, 3.8) is 0 Å². The van der Waals surface area contributed by atoms with Crippen LogP contribution in [0.3, 0.4) is 0 Å². The lowest BCUT2D eigenvalue weighted by Crippen LogP contribution is -2.44. The highest BCUT2D eigenvalue weighted by atomic mass is 16.3. The topological polar surface area (TPSA) is 65.4 Å². The van der Waals surface area contributed by atoms with Gasteiger partial charge in [0.25, 0.3) is 0 Å². The average Bonchev–Trinajstić information content (AvgIpc) is 3.11. The molecular weight excluding hydrogens is 374 g/mol. The molecule has 3 heterocycles. The number of likely N-dealkylation sites (N-methyl/N-ethyl adjacent to an activating group) is 1. The molecule has 3 aromatic rings. The van der Waals surface area contributed by atoms with E-state index in [1.807, 2.05) is 39.1 Å². The summed E-state index contributed by atoms with van der Waals surface area (Å²) in [5.41, 5.74) is 3.45. The highest BCUT2D eigenvalue weighted by Crippen LogP contribution is 2.28. The van der Waals surface area contributed by atoms with E-state index in [0.29, 0.717) is 18.9 Å².